The molecule has 2 fully saturated rings. The molecule has 0 spiro atoms. The normalized spacial score (nSPS) is 24.8. The number of thioether (sulfide) groups is 1. The molecule has 0 radical (unpaired) electrons. The van der Waals surface area contributed by atoms with Crippen LogP contribution in [0.25, 0.3) is 0 Å². The highest BCUT2D eigenvalue weighted by Gasteiger charge is 2.39. The largest absolute Gasteiger partial charge is 0.490 e. The van der Waals surface area contributed by atoms with E-state index < -0.39 is 12.1 Å². The average Bonchev–Trinajstić information content (AvgIpc) is 2.55. The summed E-state index contributed by atoms with van der Waals surface area (Å²) in [4.78, 5) is 21.1. The molecule has 2 aliphatic rings. The number of benzene rings is 1. The Morgan fingerprint density at radius 3 is 2.12 bits per heavy atom. The minimum Gasteiger partial charge on any atom is -0.475 e. The van der Waals surface area contributed by atoms with Gasteiger partial charge in [-0.15, -0.1) is 0 Å². The third-order valence-corrected chi connectivity index (χ3v) is 5.55. The monoisotopic (exact) mass is 411 g/mol. The standard InChI is InChI=1S/C14H16ClNO2S.C2HF3O2/c15-12-3-1-9(2-4-12)14(17)18-13-10-5-16-6-11(13)8-19-7-10;3-2(4,5)1(6)7/h1-4,10-11,13,16H,5-8H2;(H,6,7). The third-order valence-electron chi connectivity index (χ3n) is 3.97. The zero-order valence-corrected chi connectivity index (χ0v) is 15.0. The van der Waals surface area contributed by atoms with Crippen molar-refractivity contribution in [2.75, 3.05) is 24.6 Å². The number of carbonyl (C=O) groups is 2. The summed E-state index contributed by atoms with van der Waals surface area (Å²) in [6.07, 6.45) is -5.02. The van der Waals surface area contributed by atoms with Crippen molar-refractivity contribution in [1.29, 1.82) is 0 Å². The maximum atomic E-state index is 12.2. The van der Waals surface area contributed by atoms with Gasteiger partial charge >= 0.3 is 18.1 Å². The van der Waals surface area contributed by atoms with E-state index in [4.69, 9.17) is 26.2 Å². The molecule has 2 aliphatic heterocycles. The van der Waals surface area contributed by atoms with E-state index >= 15 is 0 Å². The van der Waals surface area contributed by atoms with Gasteiger partial charge in [-0.25, -0.2) is 9.59 Å². The molecule has 0 aromatic heterocycles. The summed E-state index contributed by atoms with van der Waals surface area (Å²) >= 11 is 7.79. The summed E-state index contributed by atoms with van der Waals surface area (Å²) in [6.45, 7) is 1.89. The number of aliphatic carboxylic acids is 1. The van der Waals surface area contributed by atoms with Gasteiger partial charge in [-0.05, 0) is 24.3 Å². The number of carbonyl (C=O) groups excluding carboxylic acids is 1. The van der Waals surface area contributed by atoms with Crippen LogP contribution >= 0.6 is 23.4 Å². The Hall–Kier alpha value is -1.45. The summed E-state index contributed by atoms with van der Waals surface area (Å²) in [7, 11) is 0. The molecule has 2 N–H and O–H groups in total. The van der Waals surface area contributed by atoms with Crippen molar-refractivity contribution >= 4 is 35.3 Å². The van der Waals surface area contributed by atoms with E-state index in [9.17, 15) is 18.0 Å². The van der Waals surface area contributed by atoms with E-state index in [0.717, 1.165) is 24.6 Å². The molecule has 2 unspecified atom stereocenters. The summed E-state index contributed by atoms with van der Waals surface area (Å²) < 4.78 is 37.5. The van der Waals surface area contributed by atoms with Crippen LogP contribution in [0.5, 0.6) is 0 Å². The number of esters is 1. The zero-order valence-electron chi connectivity index (χ0n) is 13.5. The van der Waals surface area contributed by atoms with E-state index in [-0.39, 0.29) is 12.1 Å². The number of carboxylic acids is 1. The van der Waals surface area contributed by atoms with E-state index in [1.165, 1.54) is 0 Å². The fraction of sp³-hybridized carbons (Fsp3) is 0.500. The number of carboxylic acid groups (broad SMARTS) is 1. The minimum atomic E-state index is -5.08. The number of ether oxygens (including phenoxy) is 1. The maximum absolute atomic E-state index is 12.2. The van der Waals surface area contributed by atoms with Gasteiger partial charge in [-0.1, -0.05) is 11.6 Å². The van der Waals surface area contributed by atoms with Crippen molar-refractivity contribution < 1.29 is 32.6 Å². The second kappa shape index (κ2) is 8.96. The van der Waals surface area contributed by atoms with Crippen LogP contribution in [0, 0.1) is 11.8 Å². The predicted octanol–water partition coefficient (Wildman–Crippen LogP) is 3.08. The number of hydrogen-bond donors (Lipinski definition) is 2. The SMILES string of the molecule is O=C(O)C(F)(F)F.O=C(OC1C2CNCC1CSC2)c1ccc(Cl)cc1. The van der Waals surface area contributed by atoms with Crippen molar-refractivity contribution in [3.63, 3.8) is 0 Å². The predicted molar refractivity (Wildman–Crippen MR) is 91.5 cm³/mol. The molecule has 0 amide bonds. The Balaban J connectivity index is 0.000000298. The van der Waals surface area contributed by atoms with E-state index in [0.29, 0.717) is 22.4 Å². The van der Waals surface area contributed by atoms with Crippen LogP contribution in [0.15, 0.2) is 24.3 Å². The van der Waals surface area contributed by atoms with Gasteiger partial charge in [0, 0.05) is 41.5 Å². The first-order valence-corrected chi connectivity index (χ1v) is 9.27. The lowest BCUT2D eigenvalue weighted by Gasteiger charge is -2.41. The lowest BCUT2D eigenvalue weighted by atomic mass is 9.88. The van der Waals surface area contributed by atoms with Crippen LogP contribution in [0.3, 0.4) is 0 Å². The first kappa shape index (κ1) is 20.9. The molecule has 0 saturated carbocycles. The van der Waals surface area contributed by atoms with E-state index in [2.05, 4.69) is 5.32 Å². The van der Waals surface area contributed by atoms with Crippen LogP contribution in [-0.2, 0) is 9.53 Å². The number of fused-ring (bicyclic) bond motifs is 2. The Labute approximate surface area is 157 Å². The van der Waals surface area contributed by atoms with Gasteiger partial charge in [0.1, 0.15) is 6.10 Å². The number of alkyl halides is 3. The molecule has 1 aromatic carbocycles. The number of halogens is 4. The number of nitrogens with one attached hydrogen (secondary N) is 1. The lowest BCUT2D eigenvalue weighted by molar-refractivity contribution is -0.192. The highest BCUT2D eigenvalue weighted by molar-refractivity contribution is 7.99. The molecule has 2 heterocycles. The Morgan fingerprint density at radius 2 is 1.65 bits per heavy atom. The molecule has 2 saturated heterocycles. The van der Waals surface area contributed by atoms with Crippen molar-refractivity contribution in [3.8, 4) is 0 Å². The van der Waals surface area contributed by atoms with Crippen molar-refractivity contribution in [2.24, 2.45) is 11.8 Å². The van der Waals surface area contributed by atoms with E-state index in [1.807, 2.05) is 11.8 Å². The Kier molecular flexibility index (Phi) is 7.19. The molecule has 26 heavy (non-hydrogen) atoms. The molecule has 0 aliphatic carbocycles. The summed E-state index contributed by atoms with van der Waals surface area (Å²) in [5.74, 6) is 0.0323. The van der Waals surface area contributed by atoms with Gasteiger partial charge in [-0.2, -0.15) is 24.9 Å². The van der Waals surface area contributed by atoms with E-state index in [1.54, 1.807) is 24.3 Å². The van der Waals surface area contributed by atoms with Gasteiger partial charge < -0.3 is 15.2 Å². The van der Waals surface area contributed by atoms with Gasteiger partial charge in [-0.3, -0.25) is 0 Å². The molecule has 5 nitrogen and oxygen atoms in total. The smallest absolute Gasteiger partial charge is 0.475 e. The van der Waals surface area contributed by atoms with Crippen molar-refractivity contribution in [2.45, 2.75) is 12.3 Å². The van der Waals surface area contributed by atoms with Crippen LogP contribution in [0.1, 0.15) is 10.4 Å². The first-order valence-electron chi connectivity index (χ1n) is 7.73. The average molecular weight is 412 g/mol. The Bertz CT molecular complexity index is 619. The van der Waals surface area contributed by atoms with Gasteiger partial charge in [0.2, 0.25) is 0 Å². The molecule has 1 aromatic rings. The number of rotatable bonds is 2. The minimum absolute atomic E-state index is 0.0608. The number of piperidine rings is 1. The number of hydrogen-bond acceptors (Lipinski definition) is 5. The van der Waals surface area contributed by atoms with Gasteiger partial charge in [0.15, 0.2) is 0 Å². The molecule has 10 heteroatoms. The third kappa shape index (κ3) is 5.78. The maximum Gasteiger partial charge on any atom is 0.490 e. The van der Waals surface area contributed by atoms with Crippen LogP contribution in [0.4, 0.5) is 13.2 Å². The second-order valence-electron chi connectivity index (χ2n) is 5.90. The van der Waals surface area contributed by atoms with Gasteiger partial charge in [0.25, 0.3) is 0 Å². The fourth-order valence-corrected chi connectivity index (χ4v) is 4.20. The molecular weight excluding hydrogens is 395 g/mol. The lowest BCUT2D eigenvalue weighted by Crippen LogP contribution is -2.53. The summed E-state index contributed by atoms with van der Waals surface area (Å²) in [5, 5.41) is 11.2. The Morgan fingerprint density at radius 1 is 1.15 bits per heavy atom. The van der Waals surface area contributed by atoms with Crippen molar-refractivity contribution in [1.82, 2.24) is 5.32 Å². The van der Waals surface area contributed by atoms with Gasteiger partial charge in [0.05, 0.1) is 5.56 Å². The van der Waals surface area contributed by atoms with Crippen LogP contribution < -0.4 is 5.32 Å². The van der Waals surface area contributed by atoms with Crippen LogP contribution in [0.2, 0.25) is 5.02 Å². The molecule has 2 bridgehead atoms. The molecule has 144 valence electrons. The fourth-order valence-electron chi connectivity index (χ4n) is 2.72. The summed E-state index contributed by atoms with van der Waals surface area (Å²) in [5.41, 5.74) is 0.577. The topological polar surface area (TPSA) is 75.6 Å². The van der Waals surface area contributed by atoms with Crippen LogP contribution in [-0.4, -0.2) is 53.9 Å². The highest BCUT2D eigenvalue weighted by atomic mass is 35.5. The zero-order chi connectivity index (χ0) is 19.3. The quantitative estimate of drug-likeness (QED) is 0.728. The second-order valence-corrected chi connectivity index (χ2v) is 7.41. The molecular formula is C16H17ClF3NO4S. The highest BCUT2D eigenvalue weighted by Crippen LogP contribution is 2.33. The van der Waals surface area contributed by atoms with Crippen molar-refractivity contribution in [3.05, 3.63) is 34.9 Å². The first-order chi connectivity index (χ1) is 12.2. The molecule has 2 atom stereocenters. The summed E-state index contributed by atoms with van der Waals surface area (Å²) in [6, 6.07) is 6.88. The molecule has 3 rings (SSSR count).